The zero-order valence-electron chi connectivity index (χ0n) is 21.2. The number of ether oxygens (including phenoxy) is 1. The molecule has 200 valence electrons. The summed E-state index contributed by atoms with van der Waals surface area (Å²) >= 11 is 0. The zero-order valence-corrected chi connectivity index (χ0v) is 22.0. The van der Waals surface area contributed by atoms with Crippen molar-refractivity contribution in [2.75, 3.05) is 33.4 Å². The van der Waals surface area contributed by atoms with Gasteiger partial charge in [0.25, 0.3) is 15.9 Å². The lowest BCUT2D eigenvalue weighted by Crippen LogP contribution is -2.52. The van der Waals surface area contributed by atoms with E-state index >= 15 is 0 Å². The Morgan fingerprint density at radius 2 is 2.05 bits per heavy atom. The van der Waals surface area contributed by atoms with Crippen molar-refractivity contribution >= 4 is 15.9 Å². The van der Waals surface area contributed by atoms with Gasteiger partial charge in [-0.05, 0) is 43.9 Å². The predicted octanol–water partition coefficient (Wildman–Crippen LogP) is 1.19. The summed E-state index contributed by atoms with van der Waals surface area (Å²) in [6, 6.07) is 13.8. The monoisotopic (exact) mass is 529 g/mol. The molecule has 3 heterocycles. The number of rotatable bonds is 11. The molecule has 1 aromatic carbocycles. The number of hydrogen-bond donors (Lipinski definition) is 3. The van der Waals surface area contributed by atoms with E-state index in [1.165, 1.54) is 10.5 Å². The third-order valence-electron chi connectivity index (χ3n) is 6.48. The maximum atomic E-state index is 13.6. The largest absolute Gasteiger partial charge is 0.390 e. The molecule has 2 unspecified atom stereocenters. The molecule has 0 saturated carbocycles. The van der Waals surface area contributed by atoms with Gasteiger partial charge in [0.05, 0.1) is 24.9 Å². The molecule has 4 rings (SSSR count). The molecule has 2 aliphatic rings. The first-order chi connectivity index (χ1) is 17.7. The second-order valence-corrected chi connectivity index (χ2v) is 11.4. The Kier molecular flexibility index (Phi) is 8.80. The van der Waals surface area contributed by atoms with E-state index in [-0.39, 0.29) is 29.9 Å². The molecule has 3 N–H and O–H groups in total. The first-order valence-corrected chi connectivity index (χ1v) is 13.9. The van der Waals surface area contributed by atoms with Crippen LogP contribution in [-0.2, 0) is 21.2 Å². The molecule has 0 radical (unpaired) electrons. The molecule has 1 amide bonds. The van der Waals surface area contributed by atoms with Crippen LogP contribution in [0.25, 0.3) is 0 Å². The highest BCUT2D eigenvalue weighted by molar-refractivity contribution is 7.92. The molecule has 1 saturated heterocycles. The van der Waals surface area contributed by atoms with E-state index in [9.17, 15) is 18.3 Å². The van der Waals surface area contributed by atoms with Gasteiger partial charge in [0, 0.05) is 38.6 Å². The fraction of sp³-hybridized carbons (Fsp3) is 0.462. The SMILES string of the molecule is Cc1cccc(C(=O)NC(Cc2ccccc2)C(O)CN(C[C@@H]2CCCO2)S(=O)(=O)C2=CN(C)CN2)n1. The standard InChI is InChI=1S/C26H35N5O5S/c1-19-8-6-12-22(28-19)26(33)29-23(14-20-9-4-3-5-10-20)24(32)16-31(15-21-11-7-13-36-21)37(34,35)25-17-30(2)18-27-25/h3-6,8-10,12,17,21,23-24,27,32H,7,11,13-16,18H2,1-2H3,(H,29,33)/t21-,23?,24?/m0/s1. The minimum atomic E-state index is -3.93. The van der Waals surface area contributed by atoms with Crippen LogP contribution in [0.3, 0.4) is 0 Å². The van der Waals surface area contributed by atoms with E-state index < -0.39 is 28.1 Å². The fourth-order valence-corrected chi connectivity index (χ4v) is 6.03. The van der Waals surface area contributed by atoms with Gasteiger partial charge >= 0.3 is 0 Å². The number of benzene rings is 1. The first kappa shape index (κ1) is 27.1. The van der Waals surface area contributed by atoms with Crippen molar-refractivity contribution in [1.29, 1.82) is 0 Å². The highest BCUT2D eigenvalue weighted by atomic mass is 32.2. The summed E-state index contributed by atoms with van der Waals surface area (Å²) in [5.41, 5.74) is 1.83. The number of hydrogen-bond acceptors (Lipinski definition) is 8. The average molecular weight is 530 g/mol. The molecule has 0 aliphatic carbocycles. The summed E-state index contributed by atoms with van der Waals surface area (Å²) in [6.45, 7) is 2.67. The lowest BCUT2D eigenvalue weighted by atomic mass is 10.0. The molecule has 3 atom stereocenters. The first-order valence-electron chi connectivity index (χ1n) is 12.5. The third-order valence-corrected chi connectivity index (χ3v) is 8.26. The van der Waals surface area contributed by atoms with Crippen molar-refractivity contribution in [3.05, 3.63) is 76.7 Å². The van der Waals surface area contributed by atoms with Crippen molar-refractivity contribution in [3.63, 3.8) is 0 Å². The number of aliphatic hydroxyl groups is 1. The van der Waals surface area contributed by atoms with Gasteiger partial charge in [-0.15, -0.1) is 0 Å². The highest BCUT2D eigenvalue weighted by Gasteiger charge is 2.36. The van der Waals surface area contributed by atoms with Crippen LogP contribution in [0.4, 0.5) is 0 Å². The molecule has 2 aromatic rings. The van der Waals surface area contributed by atoms with Gasteiger partial charge in [-0.25, -0.2) is 13.4 Å². The smallest absolute Gasteiger partial charge is 0.270 e. The maximum Gasteiger partial charge on any atom is 0.270 e. The Balaban J connectivity index is 1.57. The number of carbonyl (C=O) groups is 1. The second kappa shape index (κ2) is 12.0. The Bertz CT molecular complexity index is 1200. The van der Waals surface area contributed by atoms with Crippen LogP contribution in [-0.4, -0.2) is 85.3 Å². The van der Waals surface area contributed by atoms with Crippen molar-refractivity contribution in [2.45, 2.75) is 44.4 Å². The average Bonchev–Trinajstić information content (AvgIpc) is 3.56. The molecule has 10 nitrogen and oxygen atoms in total. The molecule has 37 heavy (non-hydrogen) atoms. The third kappa shape index (κ3) is 7.07. The number of aryl methyl sites for hydroxylation is 1. The van der Waals surface area contributed by atoms with Crippen LogP contribution in [0.1, 0.15) is 34.6 Å². The van der Waals surface area contributed by atoms with Crippen LogP contribution < -0.4 is 10.6 Å². The summed E-state index contributed by atoms with van der Waals surface area (Å²) < 4.78 is 34.1. The van der Waals surface area contributed by atoms with Gasteiger partial charge in [0.1, 0.15) is 5.69 Å². The predicted molar refractivity (Wildman–Crippen MR) is 140 cm³/mol. The molecule has 2 aliphatic heterocycles. The molecule has 1 fully saturated rings. The van der Waals surface area contributed by atoms with Crippen molar-refractivity contribution in [1.82, 2.24) is 24.8 Å². The van der Waals surface area contributed by atoms with E-state index in [2.05, 4.69) is 15.6 Å². The fourth-order valence-electron chi connectivity index (χ4n) is 4.48. The number of aromatic nitrogens is 1. The van der Waals surface area contributed by atoms with E-state index in [4.69, 9.17) is 4.74 Å². The minimum absolute atomic E-state index is 0.0767. The van der Waals surface area contributed by atoms with E-state index in [0.717, 1.165) is 18.4 Å². The lowest BCUT2D eigenvalue weighted by molar-refractivity contribution is 0.0626. The molecular formula is C26H35N5O5S. The van der Waals surface area contributed by atoms with Gasteiger partial charge in [-0.2, -0.15) is 4.31 Å². The molecule has 11 heteroatoms. The quantitative estimate of drug-likeness (QED) is 0.397. The Morgan fingerprint density at radius 3 is 2.70 bits per heavy atom. The second-order valence-electron chi connectivity index (χ2n) is 9.54. The number of pyridine rings is 1. The number of nitrogens with zero attached hydrogens (tertiary/aromatic N) is 3. The summed E-state index contributed by atoms with van der Waals surface area (Å²) in [7, 11) is -2.15. The van der Waals surface area contributed by atoms with Gasteiger partial charge < -0.3 is 25.4 Å². The Hall–Kier alpha value is -2.99. The molecule has 1 aromatic heterocycles. The summed E-state index contributed by atoms with van der Waals surface area (Å²) in [6.07, 6.45) is 2.03. The van der Waals surface area contributed by atoms with Crippen LogP contribution in [0.5, 0.6) is 0 Å². The minimum Gasteiger partial charge on any atom is -0.390 e. The Morgan fingerprint density at radius 1 is 1.27 bits per heavy atom. The van der Waals surface area contributed by atoms with E-state index in [1.54, 1.807) is 37.1 Å². The molecule has 0 bridgehead atoms. The summed E-state index contributed by atoms with van der Waals surface area (Å²) in [5, 5.41) is 17.3. The van der Waals surface area contributed by atoms with Gasteiger partial charge in [-0.1, -0.05) is 36.4 Å². The number of aliphatic hydroxyl groups excluding tert-OH is 1. The van der Waals surface area contributed by atoms with Crippen LogP contribution >= 0.6 is 0 Å². The van der Waals surface area contributed by atoms with Crippen LogP contribution in [0.2, 0.25) is 0 Å². The Labute approximate surface area is 218 Å². The van der Waals surface area contributed by atoms with Crippen LogP contribution in [0, 0.1) is 6.92 Å². The summed E-state index contributed by atoms with van der Waals surface area (Å²) in [4.78, 5) is 19.1. The number of nitrogens with one attached hydrogen (secondary N) is 2. The van der Waals surface area contributed by atoms with E-state index in [1.807, 2.05) is 30.3 Å². The topological polar surface area (TPSA) is 124 Å². The zero-order chi connectivity index (χ0) is 26.4. The number of carbonyl (C=O) groups excluding carboxylic acids is 1. The van der Waals surface area contributed by atoms with Gasteiger partial charge in [-0.3, -0.25) is 4.79 Å². The van der Waals surface area contributed by atoms with Crippen molar-refractivity contribution in [2.24, 2.45) is 0 Å². The maximum absolute atomic E-state index is 13.6. The number of amides is 1. The summed E-state index contributed by atoms with van der Waals surface area (Å²) in [5.74, 6) is -0.431. The molecular weight excluding hydrogens is 494 g/mol. The van der Waals surface area contributed by atoms with Gasteiger partial charge in [0.2, 0.25) is 0 Å². The molecule has 0 spiro atoms. The highest BCUT2D eigenvalue weighted by Crippen LogP contribution is 2.21. The van der Waals surface area contributed by atoms with Crippen molar-refractivity contribution < 1.29 is 23.1 Å². The van der Waals surface area contributed by atoms with Gasteiger partial charge in [0.15, 0.2) is 5.03 Å². The lowest BCUT2D eigenvalue weighted by Gasteiger charge is -2.31. The normalized spacial score (nSPS) is 19.4. The van der Waals surface area contributed by atoms with Crippen molar-refractivity contribution in [3.8, 4) is 0 Å². The number of sulfonamides is 1. The van der Waals surface area contributed by atoms with E-state index in [0.29, 0.717) is 25.4 Å². The van der Waals surface area contributed by atoms with Crippen LogP contribution in [0.15, 0.2) is 59.8 Å².